The number of ether oxygens (including phenoxy) is 1. The van der Waals surface area contributed by atoms with Crippen LogP contribution in [0.25, 0.3) is 0 Å². The molecule has 1 aliphatic heterocycles. The van der Waals surface area contributed by atoms with E-state index in [2.05, 4.69) is 6.92 Å². The maximum atomic E-state index is 11.2. The van der Waals surface area contributed by atoms with Gasteiger partial charge in [-0.15, -0.1) is 0 Å². The summed E-state index contributed by atoms with van der Waals surface area (Å²) in [6.07, 6.45) is 0.959. The van der Waals surface area contributed by atoms with Crippen molar-refractivity contribution in [3.05, 3.63) is 29.3 Å². The molecule has 0 aromatic heterocycles. The Balaban J connectivity index is 2.50. The highest BCUT2D eigenvalue weighted by atomic mass is 16.5. The van der Waals surface area contributed by atoms with Gasteiger partial charge in [0, 0.05) is 0 Å². The van der Waals surface area contributed by atoms with Crippen LogP contribution in [-0.4, -0.2) is 12.4 Å². The predicted molar refractivity (Wildman–Crippen MR) is 45.6 cm³/mol. The van der Waals surface area contributed by atoms with Crippen LogP contribution in [0.4, 0.5) is 0 Å². The molecule has 0 aliphatic carbocycles. The van der Waals surface area contributed by atoms with E-state index in [0.717, 1.165) is 17.7 Å². The first-order valence-corrected chi connectivity index (χ1v) is 4.10. The second-order valence-corrected chi connectivity index (χ2v) is 2.90. The average Bonchev–Trinajstić information content (AvgIpc) is 2.47. The van der Waals surface area contributed by atoms with Crippen LogP contribution in [0, 0.1) is 0 Å². The first kappa shape index (κ1) is 7.35. The Hall–Kier alpha value is -1.31. The highest BCUT2D eigenvalue weighted by Crippen LogP contribution is 2.25. The molecule has 62 valence electrons. The van der Waals surface area contributed by atoms with Crippen LogP contribution < -0.4 is 4.74 Å². The Labute approximate surface area is 71.2 Å². The van der Waals surface area contributed by atoms with Crippen LogP contribution in [0.2, 0.25) is 0 Å². The minimum atomic E-state index is 0.0975. The summed E-state index contributed by atoms with van der Waals surface area (Å²) < 4.78 is 5.16. The lowest BCUT2D eigenvalue weighted by Crippen LogP contribution is -1.99. The number of ketones is 1. The van der Waals surface area contributed by atoms with Gasteiger partial charge in [0.25, 0.3) is 0 Å². The van der Waals surface area contributed by atoms with E-state index in [9.17, 15) is 4.79 Å². The monoisotopic (exact) mass is 162 g/mol. The Morgan fingerprint density at radius 1 is 1.50 bits per heavy atom. The molecule has 0 fully saturated rings. The van der Waals surface area contributed by atoms with Gasteiger partial charge in [0.05, 0.1) is 5.56 Å². The molecule has 0 N–H and O–H groups in total. The molecular formula is C10H10O2. The number of aryl methyl sites for hydroxylation is 1. The molecular weight excluding hydrogens is 152 g/mol. The van der Waals surface area contributed by atoms with E-state index >= 15 is 0 Å². The molecule has 0 saturated heterocycles. The topological polar surface area (TPSA) is 26.3 Å². The van der Waals surface area contributed by atoms with Gasteiger partial charge in [-0.1, -0.05) is 13.0 Å². The maximum absolute atomic E-state index is 11.2. The zero-order chi connectivity index (χ0) is 8.55. The van der Waals surface area contributed by atoms with Gasteiger partial charge >= 0.3 is 0 Å². The highest BCUT2D eigenvalue weighted by Gasteiger charge is 2.20. The molecule has 0 spiro atoms. The number of hydrogen-bond acceptors (Lipinski definition) is 2. The number of carbonyl (C=O) groups is 1. The normalized spacial score (nSPS) is 14.2. The Bertz CT molecular complexity index is 329. The summed E-state index contributed by atoms with van der Waals surface area (Å²) in [5.41, 5.74) is 1.93. The molecule has 0 saturated carbocycles. The van der Waals surface area contributed by atoms with Gasteiger partial charge in [0.2, 0.25) is 5.78 Å². The highest BCUT2D eigenvalue weighted by molar-refractivity contribution is 6.02. The Kier molecular flexibility index (Phi) is 1.61. The molecule has 0 amide bonds. The summed E-state index contributed by atoms with van der Waals surface area (Å²) in [5.74, 6) is 0.831. The molecule has 2 rings (SSSR count). The third-order valence-electron chi connectivity index (χ3n) is 2.11. The third kappa shape index (κ3) is 0.998. The van der Waals surface area contributed by atoms with Gasteiger partial charge in [-0.2, -0.15) is 0 Å². The smallest absolute Gasteiger partial charge is 0.203 e. The molecule has 0 bridgehead atoms. The van der Waals surface area contributed by atoms with Crippen molar-refractivity contribution in [2.45, 2.75) is 13.3 Å². The van der Waals surface area contributed by atoms with E-state index in [1.165, 1.54) is 5.56 Å². The van der Waals surface area contributed by atoms with E-state index in [4.69, 9.17) is 4.74 Å². The van der Waals surface area contributed by atoms with Crippen LogP contribution in [0.5, 0.6) is 5.75 Å². The van der Waals surface area contributed by atoms with Crippen molar-refractivity contribution in [2.75, 3.05) is 6.61 Å². The van der Waals surface area contributed by atoms with E-state index in [1.807, 2.05) is 18.2 Å². The fourth-order valence-electron chi connectivity index (χ4n) is 1.36. The van der Waals surface area contributed by atoms with Crippen molar-refractivity contribution in [1.82, 2.24) is 0 Å². The van der Waals surface area contributed by atoms with Crippen molar-refractivity contribution in [3.63, 3.8) is 0 Å². The lowest BCUT2D eigenvalue weighted by Gasteiger charge is -1.98. The standard InChI is InChI=1S/C10H10O2/c1-2-7-3-4-10-8(5-7)9(11)6-12-10/h3-5H,2,6H2,1H3. The summed E-state index contributed by atoms with van der Waals surface area (Å²) in [6.45, 7) is 2.28. The fraction of sp³-hybridized carbons (Fsp3) is 0.300. The SMILES string of the molecule is CCc1ccc2c(c1)C(=O)CO2. The van der Waals surface area contributed by atoms with Crippen LogP contribution >= 0.6 is 0 Å². The quantitative estimate of drug-likeness (QED) is 0.629. The van der Waals surface area contributed by atoms with E-state index in [-0.39, 0.29) is 12.4 Å². The molecule has 1 aromatic carbocycles. The number of hydrogen-bond donors (Lipinski definition) is 0. The summed E-state index contributed by atoms with van der Waals surface area (Å²) in [4.78, 5) is 11.2. The maximum Gasteiger partial charge on any atom is 0.203 e. The van der Waals surface area contributed by atoms with Gasteiger partial charge < -0.3 is 4.74 Å². The lowest BCUT2D eigenvalue weighted by molar-refractivity contribution is 0.0961. The first-order chi connectivity index (χ1) is 5.81. The Morgan fingerprint density at radius 2 is 2.33 bits per heavy atom. The van der Waals surface area contributed by atoms with Gasteiger partial charge in [-0.3, -0.25) is 4.79 Å². The zero-order valence-electron chi connectivity index (χ0n) is 6.96. The predicted octanol–water partition coefficient (Wildman–Crippen LogP) is 1.82. The van der Waals surface area contributed by atoms with E-state index in [0.29, 0.717) is 0 Å². The molecule has 0 atom stereocenters. The third-order valence-corrected chi connectivity index (χ3v) is 2.11. The summed E-state index contributed by atoms with van der Waals surface area (Å²) in [7, 11) is 0. The lowest BCUT2D eigenvalue weighted by atomic mass is 10.1. The number of benzene rings is 1. The van der Waals surface area contributed by atoms with Gasteiger partial charge in [0.15, 0.2) is 6.61 Å². The molecule has 1 heterocycles. The second kappa shape index (κ2) is 2.63. The minimum Gasteiger partial charge on any atom is -0.485 e. The van der Waals surface area contributed by atoms with Crippen molar-refractivity contribution in [1.29, 1.82) is 0 Å². The number of carbonyl (C=O) groups excluding carboxylic acids is 1. The van der Waals surface area contributed by atoms with Gasteiger partial charge in [-0.05, 0) is 24.1 Å². The molecule has 2 heteroatoms. The number of Topliss-reactive ketones (excluding diaryl/α,β-unsaturated/α-hetero) is 1. The largest absolute Gasteiger partial charge is 0.485 e. The molecule has 0 radical (unpaired) electrons. The average molecular weight is 162 g/mol. The van der Waals surface area contributed by atoms with Crippen molar-refractivity contribution >= 4 is 5.78 Å². The number of fused-ring (bicyclic) bond motifs is 1. The van der Waals surface area contributed by atoms with Gasteiger partial charge in [0.1, 0.15) is 5.75 Å². The molecule has 12 heavy (non-hydrogen) atoms. The summed E-state index contributed by atoms with van der Waals surface area (Å²) >= 11 is 0. The van der Waals surface area contributed by atoms with Crippen LogP contribution in [0.15, 0.2) is 18.2 Å². The van der Waals surface area contributed by atoms with Gasteiger partial charge in [-0.25, -0.2) is 0 Å². The first-order valence-electron chi connectivity index (χ1n) is 4.10. The van der Waals surface area contributed by atoms with Crippen LogP contribution in [0.1, 0.15) is 22.8 Å². The minimum absolute atomic E-state index is 0.0975. The van der Waals surface area contributed by atoms with Crippen LogP contribution in [0.3, 0.4) is 0 Å². The molecule has 0 unspecified atom stereocenters. The van der Waals surface area contributed by atoms with Crippen molar-refractivity contribution in [3.8, 4) is 5.75 Å². The van der Waals surface area contributed by atoms with E-state index in [1.54, 1.807) is 0 Å². The summed E-state index contributed by atoms with van der Waals surface area (Å²) in [5, 5.41) is 0. The van der Waals surface area contributed by atoms with Crippen LogP contribution in [-0.2, 0) is 6.42 Å². The molecule has 1 aliphatic rings. The molecule has 2 nitrogen and oxygen atoms in total. The fourth-order valence-corrected chi connectivity index (χ4v) is 1.36. The molecule has 1 aromatic rings. The van der Waals surface area contributed by atoms with E-state index < -0.39 is 0 Å². The second-order valence-electron chi connectivity index (χ2n) is 2.90. The van der Waals surface area contributed by atoms with Crippen molar-refractivity contribution in [2.24, 2.45) is 0 Å². The zero-order valence-corrected chi connectivity index (χ0v) is 6.96. The number of rotatable bonds is 1. The summed E-state index contributed by atoms with van der Waals surface area (Å²) in [6, 6.07) is 5.79. The van der Waals surface area contributed by atoms with Crippen molar-refractivity contribution < 1.29 is 9.53 Å². The Morgan fingerprint density at radius 3 is 3.08 bits per heavy atom.